The third kappa shape index (κ3) is 6.23. The summed E-state index contributed by atoms with van der Waals surface area (Å²) in [6, 6.07) is 11.1. The summed E-state index contributed by atoms with van der Waals surface area (Å²) < 4.78 is 12.4. The number of hydrogen-bond donors (Lipinski definition) is 2. The first-order valence-corrected chi connectivity index (χ1v) is 8.91. The van der Waals surface area contributed by atoms with Crippen molar-refractivity contribution in [3.63, 3.8) is 0 Å². The maximum Gasteiger partial charge on any atom is 0.317 e. The Kier molecular flexibility index (Phi) is 7.55. The number of carbonyl (C=O) groups is 1. The van der Waals surface area contributed by atoms with E-state index in [-0.39, 0.29) is 6.54 Å². The fourth-order valence-corrected chi connectivity index (χ4v) is 2.86. The van der Waals surface area contributed by atoms with Crippen molar-refractivity contribution in [2.45, 2.75) is 20.1 Å². The van der Waals surface area contributed by atoms with E-state index >= 15 is 0 Å². The van der Waals surface area contributed by atoms with E-state index in [1.54, 1.807) is 0 Å². The molecule has 0 bridgehead atoms. The smallest absolute Gasteiger partial charge is 0.317 e. The molecule has 2 aromatic carbocycles. The van der Waals surface area contributed by atoms with Crippen LogP contribution in [0.15, 0.2) is 40.9 Å². The lowest BCUT2D eigenvalue weighted by Crippen LogP contribution is -2.22. The summed E-state index contributed by atoms with van der Waals surface area (Å²) in [6.45, 7) is 3.05. The molecule has 0 radical (unpaired) electrons. The molecule has 5 nitrogen and oxygen atoms in total. The zero-order valence-corrected chi connectivity index (χ0v) is 16.1. The first kappa shape index (κ1) is 19.6. The number of rotatable bonds is 9. The molecular formula is C18H19BrClNO4. The van der Waals surface area contributed by atoms with Crippen LogP contribution in [0.1, 0.15) is 18.1 Å². The third-order valence-electron chi connectivity index (χ3n) is 3.29. The summed E-state index contributed by atoms with van der Waals surface area (Å²) in [5, 5.41) is 12.2. The number of nitrogens with one attached hydrogen (secondary N) is 1. The van der Waals surface area contributed by atoms with Crippen LogP contribution in [-0.4, -0.2) is 24.2 Å². The van der Waals surface area contributed by atoms with Gasteiger partial charge in [-0.25, -0.2) is 0 Å². The van der Waals surface area contributed by atoms with Crippen molar-refractivity contribution in [1.29, 1.82) is 0 Å². The monoisotopic (exact) mass is 427 g/mol. The number of ether oxygens (including phenoxy) is 2. The van der Waals surface area contributed by atoms with Crippen LogP contribution in [0.25, 0.3) is 0 Å². The summed E-state index contributed by atoms with van der Waals surface area (Å²) in [4.78, 5) is 10.6. The Morgan fingerprint density at radius 3 is 2.68 bits per heavy atom. The Morgan fingerprint density at radius 2 is 2.00 bits per heavy atom. The van der Waals surface area contributed by atoms with E-state index in [2.05, 4.69) is 21.2 Å². The quantitative estimate of drug-likeness (QED) is 0.625. The standard InChI is InChI=1S/C18H19BrClNO4/c1-2-24-16-7-13(9-21-10-18(22)23)15(19)8-17(16)25-11-12-4-3-5-14(20)6-12/h3-8,21H,2,9-11H2,1H3,(H,22,23). The molecule has 0 heterocycles. The maximum absolute atomic E-state index is 10.6. The largest absolute Gasteiger partial charge is 0.490 e. The summed E-state index contributed by atoms with van der Waals surface area (Å²) in [5.74, 6) is 0.318. The molecule has 0 amide bonds. The minimum Gasteiger partial charge on any atom is -0.490 e. The van der Waals surface area contributed by atoms with E-state index in [0.717, 1.165) is 15.6 Å². The van der Waals surface area contributed by atoms with E-state index in [4.69, 9.17) is 26.2 Å². The molecule has 0 atom stereocenters. The average molecular weight is 429 g/mol. The molecule has 0 aromatic heterocycles. The summed E-state index contributed by atoms with van der Waals surface area (Å²) in [5.41, 5.74) is 1.85. The highest BCUT2D eigenvalue weighted by Gasteiger charge is 2.12. The number of halogens is 2. The van der Waals surface area contributed by atoms with Crippen LogP contribution < -0.4 is 14.8 Å². The van der Waals surface area contributed by atoms with Gasteiger partial charge >= 0.3 is 5.97 Å². The number of aliphatic carboxylic acids is 1. The van der Waals surface area contributed by atoms with Gasteiger partial charge in [0.25, 0.3) is 0 Å². The van der Waals surface area contributed by atoms with Crippen molar-refractivity contribution in [3.05, 3.63) is 57.0 Å². The highest BCUT2D eigenvalue weighted by atomic mass is 79.9. The van der Waals surface area contributed by atoms with Gasteiger partial charge in [0.05, 0.1) is 13.2 Å². The first-order chi connectivity index (χ1) is 12.0. The molecule has 0 unspecified atom stereocenters. The van der Waals surface area contributed by atoms with Crippen molar-refractivity contribution < 1.29 is 19.4 Å². The van der Waals surface area contributed by atoms with Crippen molar-refractivity contribution >= 4 is 33.5 Å². The molecule has 0 aliphatic heterocycles. The highest BCUT2D eigenvalue weighted by Crippen LogP contribution is 2.34. The first-order valence-electron chi connectivity index (χ1n) is 7.74. The highest BCUT2D eigenvalue weighted by molar-refractivity contribution is 9.10. The number of carboxylic acids is 1. The van der Waals surface area contributed by atoms with Gasteiger partial charge in [0, 0.05) is 16.0 Å². The Balaban J connectivity index is 2.13. The minimum absolute atomic E-state index is 0.108. The fourth-order valence-electron chi connectivity index (χ4n) is 2.19. The summed E-state index contributed by atoms with van der Waals surface area (Å²) in [7, 11) is 0. The second-order valence-electron chi connectivity index (χ2n) is 5.24. The lowest BCUT2D eigenvalue weighted by molar-refractivity contribution is -0.135. The fraction of sp³-hybridized carbons (Fsp3) is 0.278. The zero-order valence-electron chi connectivity index (χ0n) is 13.7. The van der Waals surface area contributed by atoms with Gasteiger partial charge < -0.3 is 19.9 Å². The lowest BCUT2D eigenvalue weighted by atomic mass is 10.2. The number of carboxylic acid groups (broad SMARTS) is 1. The molecule has 25 heavy (non-hydrogen) atoms. The van der Waals surface area contributed by atoms with E-state index < -0.39 is 5.97 Å². The molecule has 0 saturated heterocycles. The summed E-state index contributed by atoms with van der Waals surface area (Å²) >= 11 is 9.48. The molecule has 0 aliphatic carbocycles. The normalized spacial score (nSPS) is 10.5. The predicted molar refractivity (Wildman–Crippen MR) is 100 cm³/mol. The second kappa shape index (κ2) is 9.65. The van der Waals surface area contributed by atoms with E-state index in [0.29, 0.717) is 36.3 Å². The van der Waals surface area contributed by atoms with Gasteiger partial charge in [-0.3, -0.25) is 4.79 Å². The van der Waals surface area contributed by atoms with Crippen molar-refractivity contribution in [3.8, 4) is 11.5 Å². The maximum atomic E-state index is 10.6. The Hall–Kier alpha value is -1.76. The van der Waals surface area contributed by atoms with Gasteiger partial charge in [-0.05, 0) is 42.3 Å². The van der Waals surface area contributed by atoms with Crippen LogP contribution in [0.2, 0.25) is 5.02 Å². The van der Waals surface area contributed by atoms with Gasteiger partial charge in [-0.1, -0.05) is 39.7 Å². The summed E-state index contributed by atoms with van der Waals surface area (Å²) in [6.07, 6.45) is 0. The number of hydrogen-bond acceptors (Lipinski definition) is 4. The lowest BCUT2D eigenvalue weighted by Gasteiger charge is -2.15. The van der Waals surface area contributed by atoms with Gasteiger partial charge in [-0.2, -0.15) is 0 Å². The van der Waals surface area contributed by atoms with Gasteiger partial charge in [0.1, 0.15) is 6.61 Å². The van der Waals surface area contributed by atoms with Crippen LogP contribution in [-0.2, 0) is 17.9 Å². The van der Waals surface area contributed by atoms with Crippen LogP contribution in [0.3, 0.4) is 0 Å². The third-order valence-corrected chi connectivity index (χ3v) is 4.26. The molecular weight excluding hydrogens is 410 g/mol. The van der Waals surface area contributed by atoms with Crippen LogP contribution >= 0.6 is 27.5 Å². The van der Waals surface area contributed by atoms with E-state index in [1.807, 2.05) is 43.3 Å². The Morgan fingerprint density at radius 1 is 1.24 bits per heavy atom. The van der Waals surface area contributed by atoms with Crippen molar-refractivity contribution in [2.24, 2.45) is 0 Å². The zero-order chi connectivity index (χ0) is 18.2. The van der Waals surface area contributed by atoms with Gasteiger partial charge in [0.15, 0.2) is 11.5 Å². The molecule has 7 heteroatoms. The predicted octanol–water partition coefficient (Wildman–Crippen LogP) is 4.25. The molecule has 2 rings (SSSR count). The Bertz CT molecular complexity index is 739. The molecule has 2 aromatic rings. The van der Waals surface area contributed by atoms with Gasteiger partial charge in [-0.15, -0.1) is 0 Å². The molecule has 2 N–H and O–H groups in total. The minimum atomic E-state index is -0.900. The molecule has 0 aliphatic rings. The van der Waals surface area contributed by atoms with Gasteiger partial charge in [0.2, 0.25) is 0 Å². The topological polar surface area (TPSA) is 67.8 Å². The van der Waals surface area contributed by atoms with Crippen LogP contribution in [0, 0.1) is 0 Å². The van der Waals surface area contributed by atoms with E-state index in [9.17, 15) is 4.79 Å². The SMILES string of the molecule is CCOc1cc(CNCC(=O)O)c(Br)cc1OCc1cccc(Cl)c1. The molecule has 0 saturated carbocycles. The molecule has 134 valence electrons. The second-order valence-corrected chi connectivity index (χ2v) is 6.53. The molecule has 0 spiro atoms. The van der Waals surface area contributed by atoms with Crippen molar-refractivity contribution in [2.75, 3.05) is 13.2 Å². The van der Waals surface area contributed by atoms with Crippen molar-refractivity contribution in [1.82, 2.24) is 5.32 Å². The van der Waals surface area contributed by atoms with Crippen LogP contribution in [0.4, 0.5) is 0 Å². The molecule has 0 fully saturated rings. The Labute approximate surface area is 160 Å². The van der Waals surface area contributed by atoms with E-state index in [1.165, 1.54) is 0 Å². The van der Waals surface area contributed by atoms with Crippen LogP contribution in [0.5, 0.6) is 11.5 Å². The number of benzene rings is 2. The average Bonchev–Trinajstić information content (AvgIpc) is 2.56.